The summed E-state index contributed by atoms with van der Waals surface area (Å²) in [5, 5.41) is 7.36. The average Bonchev–Trinajstić information content (AvgIpc) is 3.28. The first kappa shape index (κ1) is 18.6. The van der Waals surface area contributed by atoms with Crippen LogP contribution in [0.5, 0.6) is 17.2 Å². The standard InChI is InChI=1S/C24H22N2O3/c1-27-20-11-8-18(9-12-20)24-21(15-25-26-24)19-10-13-22(28-2)23(14-19)29-16-17-6-4-3-5-7-17/h3-15H,16H2,1-2H3,(H,25,26). The maximum Gasteiger partial charge on any atom is 0.162 e. The van der Waals surface area contributed by atoms with Crippen LogP contribution >= 0.6 is 0 Å². The Morgan fingerprint density at radius 3 is 2.28 bits per heavy atom. The largest absolute Gasteiger partial charge is 0.497 e. The number of ether oxygens (including phenoxy) is 3. The molecule has 0 saturated heterocycles. The SMILES string of the molecule is COc1ccc(-c2[nH]ncc2-c2ccc(OC)c(OCc3ccccc3)c2)cc1. The van der Waals surface area contributed by atoms with E-state index in [0.29, 0.717) is 18.1 Å². The Bertz CT molecular complexity index is 1070. The fourth-order valence-electron chi connectivity index (χ4n) is 3.18. The molecule has 4 rings (SSSR count). The molecule has 0 spiro atoms. The summed E-state index contributed by atoms with van der Waals surface area (Å²) in [6, 6.07) is 23.8. The molecule has 5 nitrogen and oxygen atoms in total. The molecule has 0 fully saturated rings. The Labute approximate surface area is 169 Å². The van der Waals surface area contributed by atoms with Crippen molar-refractivity contribution in [1.29, 1.82) is 0 Å². The van der Waals surface area contributed by atoms with Crippen LogP contribution in [0, 0.1) is 0 Å². The van der Waals surface area contributed by atoms with Gasteiger partial charge in [0.25, 0.3) is 0 Å². The highest BCUT2D eigenvalue weighted by Gasteiger charge is 2.13. The predicted molar refractivity (Wildman–Crippen MR) is 113 cm³/mol. The summed E-state index contributed by atoms with van der Waals surface area (Å²) >= 11 is 0. The molecular formula is C24H22N2O3. The minimum Gasteiger partial charge on any atom is -0.497 e. The van der Waals surface area contributed by atoms with Crippen molar-refractivity contribution in [2.75, 3.05) is 14.2 Å². The average molecular weight is 386 g/mol. The van der Waals surface area contributed by atoms with Crippen LogP contribution in [0.15, 0.2) is 79.0 Å². The fourth-order valence-corrected chi connectivity index (χ4v) is 3.18. The third kappa shape index (κ3) is 4.09. The van der Waals surface area contributed by atoms with Crippen LogP contribution in [-0.4, -0.2) is 24.4 Å². The van der Waals surface area contributed by atoms with Gasteiger partial charge in [0.05, 0.1) is 26.1 Å². The summed E-state index contributed by atoms with van der Waals surface area (Å²) in [6.45, 7) is 0.470. The molecular weight excluding hydrogens is 364 g/mol. The first-order valence-corrected chi connectivity index (χ1v) is 9.31. The summed E-state index contributed by atoms with van der Waals surface area (Å²) in [5.41, 5.74) is 5.05. The van der Waals surface area contributed by atoms with E-state index in [1.54, 1.807) is 14.2 Å². The molecule has 5 heteroatoms. The van der Waals surface area contributed by atoms with Gasteiger partial charge in [-0.3, -0.25) is 5.10 Å². The van der Waals surface area contributed by atoms with Gasteiger partial charge >= 0.3 is 0 Å². The van der Waals surface area contributed by atoms with Crippen molar-refractivity contribution in [3.63, 3.8) is 0 Å². The lowest BCUT2D eigenvalue weighted by molar-refractivity contribution is 0.284. The molecule has 1 aromatic heterocycles. The minimum absolute atomic E-state index is 0.470. The van der Waals surface area contributed by atoms with Gasteiger partial charge in [-0.1, -0.05) is 36.4 Å². The second kappa shape index (κ2) is 8.52. The molecule has 4 aromatic rings. The van der Waals surface area contributed by atoms with Crippen molar-refractivity contribution in [3.05, 3.63) is 84.6 Å². The molecule has 0 aliphatic carbocycles. The van der Waals surface area contributed by atoms with Crippen LogP contribution < -0.4 is 14.2 Å². The number of rotatable bonds is 7. The monoisotopic (exact) mass is 386 g/mol. The van der Waals surface area contributed by atoms with Crippen LogP contribution in [0.25, 0.3) is 22.4 Å². The van der Waals surface area contributed by atoms with Gasteiger partial charge in [-0.25, -0.2) is 0 Å². The molecule has 0 radical (unpaired) electrons. The van der Waals surface area contributed by atoms with Gasteiger partial charge in [-0.2, -0.15) is 5.10 Å². The highest BCUT2D eigenvalue weighted by atomic mass is 16.5. The predicted octanol–water partition coefficient (Wildman–Crippen LogP) is 5.34. The Morgan fingerprint density at radius 2 is 1.55 bits per heavy atom. The number of methoxy groups -OCH3 is 2. The van der Waals surface area contributed by atoms with E-state index in [1.807, 2.05) is 79.0 Å². The van der Waals surface area contributed by atoms with Crippen molar-refractivity contribution >= 4 is 0 Å². The Hall–Kier alpha value is -3.73. The van der Waals surface area contributed by atoms with Gasteiger partial charge in [0.2, 0.25) is 0 Å². The zero-order valence-electron chi connectivity index (χ0n) is 16.4. The van der Waals surface area contributed by atoms with E-state index < -0.39 is 0 Å². The third-order valence-electron chi connectivity index (χ3n) is 4.73. The van der Waals surface area contributed by atoms with E-state index >= 15 is 0 Å². The zero-order chi connectivity index (χ0) is 20.1. The molecule has 0 aliphatic heterocycles. The molecule has 0 amide bonds. The number of benzene rings is 3. The molecule has 3 aromatic carbocycles. The molecule has 0 unspecified atom stereocenters. The number of aromatic nitrogens is 2. The van der Waals surface area contributed by atoms with Crippen molar-refractivity contribution in [3.8, 4) is 39.6 Å². The van der Waals surface area contributed by atoms with Crippen molar-refractivity contribution < 1.29 is 14.2 Å². The number of hydrogen-bond acceptors (Lipinski definition) is 4. The van der Waals surface area contributed by atoms with Crippen LogP contribution in [-0.2, 0) is 6.61 Å². The maximum absolute atomic E-state index is 6.06. The van der Waals surface area contributed by atoms with E-state index in [-0.39, 0.29) is 0 Å². The number of nitrogens with one attached hydrogen (secondary N) is 1. The molecule has 0 bridgehead atoms. The highest BCUT2D eigenvalue weighted by Crippen LogP contribution is 2.36. The van der Waals surface area contributed by atoms with Crippen molar-refractivity contribution in [2.24, 2.45) is 0 Å². The number of H-pyrrole nitrogens is 1. The van der Waals surface area contributed by atoms with Crippen LogP contribution in [0.2, 0.25) is 0 Å². The Morgan fingerprint density at radius 1 is 0.793 bits per heavy atom. The summed E-state index contributed by atoms with van der Waals surface area (Å²) < 4.78 is 16.8. The molecule has 146 valence electrons. The van der Waals surface area contributed by atoms with E-state index in [1.165, 1.54) is 0 Å². The second-order valence-corrected chi connectivity index (χ2v) is 6.53. The van der Waals surface area contributed by atoms with Crippen LogP contribution in [0.3, 0.4) is 0 Å². The third-order valence-corrected chi connectivity index (χ3v) is 4.73. The second-order valence-electron chi connectivity index (χ2n) is 6.53. The minimum atomic E-state index is 0.470. The van der Waals surface area contributed by atoms with E-state index in [4.69, 9.17) is 14.2 Å². The van der Waals surface area contributed by atoms with Gasteiger partial charge in [0, 0.05) is 11.1 Å². The smallest absolute Gasteiger partial charge is 0.162 e. The fraction of sp³-hybridized carbons (Fsp3) is 0.125. The lowest BCUT2D eigenvalue weighted by Gasteiger charge is -2.13. The molecule has 29 heavy (non-hydrogen) atoms. The molecule has 0 aliphatic rings. The highest BCUT2D eigenvalue weighted by molar-refractivity contribution is 5.81. The maximum atomic E-state index is 6.06. The summed E-state index contributed by atoms with van der Waals surface area (Å²) in [4.78, 5) is 0. The van der Waals surface area contributed by atoms with E-state index in [0.717, 1.165) is 33.7 Å². The van der Waals surface area contributed by atoms with E-state index in [2.05, 4.69) is 10.2 Å². The van der Waals surface area contributed by atoms with Crippen molar-refractivity contribution in [1.82, 2.24) is 10.2 Å². The summed E-state index contributed by atoms with van der Waals surface area (Å²) in [7, 11) is 3.30. The van der Waals surface area contributed by atoms with Gasteiger partial charge in [-0.05, 0) is 47.5 Å². The van der Waals surface area contributed by atoms with Crippen molar-refractivity contribution in [2.45, 2.75) is 6.61 Å². The Balaban J connectivity index is 1.64. The van der Waals surface area contributed by atoms with Crippen LogP contribution in [0.4, 0.5) is 0 Å². The zero-order valence-corrected chi connectivity index (χ0v) is 16.4. The van der Waals surface area contributed by atoms with Gasteiger partial charge in [0.1, 0.15) is 12.4 Å². The van der Waals surface area contributed by atoms with Gasteiger partial charge in [-0.15, -0.1) is 0 Å². The molecule has 1 heterocycles. The Kier molecular flexibility index (Phi) is 5.47. The molecule has 0 atom stereocenters. The molecule has 1 N–H and O–H groups in total. The van der Waals surface area contributed by atoms with Gasteiger partial charge < -0.3 is 14.2 Å². The number of nitrogens with zero attached hydrogens (tertiary/aromatic N) is 1. The lowest BCUT2D eigenvalue weighted by Crippen LogP contribution is -1.98. The van der Waals surface area contributed by atoms with E-state index in [9.17, 15) is 0 Å². The molecule has 0 saturated carbocycles. The number of hydrogen-bond donors (Lipinski definition) is 1. The normalized spacial score (nSPS) is 10.6. The quantitative estimate of drug-likeness (QED) is 0.466. The summed E-state index contributed by atoms with van der Waals surface area (Å²) in [6.07, 6.45) is 1.82. The van der Waals surface area contributed by atoms with Crippen LogP contribution in [0.1, 0.15) is 5.56 Å². The first-order chi connectivity index (χ1) is 14.3. The first-order valence-electron chi connectivity index (χ1n) is 9.31. The van der Waals surface area contributed by atoms with Gasteiger partial charge in [0.15, 0.2) is 11.5 Å². The number of aromatic amines is 1. The lowest BCUT2D eigenvalue weighted by atomic mass is 10.0. The topological polar surface area (TPSA) is 56.4 Å². The summed E-state index contributed by atoms with van der Waals surface area (Å²) in [5.74, 6) is 2.20.